The molecule has 2 aromatic carbocycles. The van der Waals surface area contributed by atoms with E-state index in [1.165, 1.54) is 12.8 Å². The van der Waals surface area contributed by atoms with Crippen molar-refractivity contribution in [2.24, 2.45) is 5.92 Å². The van der Waals surface area contributed by atoms with Gasteiger partial charge in [-0.2, -0.15) is 0 Å². The van der Waals surface area contributed by atoms with E-state index in [0.717, 1.165) is 35.5 Å². The van der Waals surface area contributed by atoms with Gasteiger partial charge in [-0.3, -0.25) is 9.69 Å². The molecule has 1 spiro atoms. The fourth-order valence-corrected chi connectivity index (χ4v) is 7.21. The molecule has 1 saturated heterocycles. The van der Waals surface area contributed by atoms with Gasteiger partial charge < -0.3 is 19.7 Å². The summed E-state index contributed by atoms with van der Waals surface area (Å²) in [5.74, 6) is 1.83. The zero-order valence-corrected chi connectivity index (χ0v) is 19.3. The van der Waals surface area contributed by atoms with E-state index in [4.69, 9.17) is 9.47 Å². The minimum Gasteiger partial charge on any atom is -0.504 e. The highest BCUT2D eigenvalue weighted by Gasteiger charge is 2.74. The number of likely N-dealkylation sites (tertiary alicyclic amines) is 1. The van der Waals surface area contributed by atoms with Crippen molar-refractivity contribution >= 4 is 11.9 Å². The number of phenolic OH excluding ortho intramolecular Hbond substituents is 1. The number of carbonyl (C=O) groups is 1. The number of piperidine rings is 1. The van der Waals surface area contributed by atoms with Gasteiger partial charge in [-0.25, -0.2) is 0 Å². The summed E-state index contributed by atoms with van der Waals surface area (Å²) in [7, 11) is 1.63. The van der Waals surface area contributed by atoms with Crippen LogP contribution >= 0.6 is 0 Å². The smallest absolute Gasteiger partial charge is 0.200 e. The first-order valence-corrected chi connectivity index (χ1v) is 12.3. The fraction of sp³-hybridized carbons (Fsp3) is 0.464. The van der Waals surface area contributed by atoms with Gasteiger partial charge in [0.2, 0.25) is 0 Å². The molecule has 3 aliphatic carbocycles. The number of benzene rings is 2. The van der Waals surface area contributed by atoms with Crippen molar-refractivity contribution in [3.8, 4) is 17.2 Å². The predicted molar refractivity (Wildman–Crippen MR) is 126 cm³/mol. The summed E-state index contributed by atoms with van der Waals surface area (Å²) in [4.78, 5) is 16.3. The van der Waals surface area contributed by atoms with Crippen LogP contribution in [0.3, 0.4) is 0 Å². The molecule has 4 atom stereocenters. The molecular formula is C28H29NO5. The molecule has 0 aromatic heterocycles. The quantitative estimate of drug-likeness (QED) is 0.684. The maximum atomic E-state index is 13.9. The number of aromatic hydroxyl groups is 1. The summed E-state index contributed by atoms with van der Waals surface area (Å²) >= 11 is 0. The molecule has 0 amide bonds. The summed E-state index contributed by atoms with van der Waals surface area (Å²) in [6.07, 6.45) is 5.23. The number of nitrogens with zero attached hydrogens (tertiary/aromatic N) is 1. The third kappa shape index (κ3) is 2.56. The average Bonchev–Trinajstić information content (AvgIpc) is 3.57. The zero-order valence-electron chi connectivity index (χ0n) is 19.3. The van der Waals surface area contributed by atoms with Crippen LogP contribution in [0.2, 0.25) is 0 Å². The summed E-state index contributed by atoms with van der Waals surface area (Å²) in [6, 6.07) is 11.1. The molecule has 2 heterocycles. The monoisotopic (exact) mass is 459 g/mol. The first-order valence-electron chi connectivity index (χ1n) is 12.3. The second-order valence-corrected chi connectivity index (χ2v) is 10.7. The Balaban J connectivity index is 1.38. The number of ketones is 1. The average molecular weight is 460 g/mol. The number of methoxy groups -OCH3 is 1. The van der Waals surface area contributed by atoms with Gasteiger partial charge in [0.1, 0.15) is 5.75 Å². The topological polar surface area (TPSA) is 79.2 Å². The number of ether oxygens (including phenoxy) is 2. The number of hydrogen-bond acceptors (Lipinski definition) is 6. The van der Waals surface area contributed by atoms with Crippen LogP contribution in [0.25, 0.3) is 6.08 Å². The number of Topliss-reactive ketones (excluding diaryl/α,β-unsaturated/α-hetero) is 1. The maximum absolute atomic E-state index is 13.9. The first-order chi connectivity index (χ1) is 16.4. The van der Waals surface area contributed by atoms with E-state index in [2.05, 4.69) is 4.90 Å². The third-order valence-electron chi connectivity index (χ3n) is 8.98. The lowest BCUT2D eigenvalue weighted by atomic mass is 9.48. The van der Waals surface area contributed by atoms with Crippen LogP contribution in [0.4, 0.5) is 0 Å². The minimum atomic E-state index is -1.14. The van der Waals surface area contributed by atoms with Gasteiger partial charge in [0.25, 0.3) is 0 Å². The lowest BCUT2D eigenvalue weighted by Crippen LogP contribution is -2.77. The number of carbonyl (C=O) groups excluding carboxylic acids is 1. The van der Waals surface area contributed by atoms with Crippen molar-refractivity contribution in [2.75, 3.05) is 20.2 Å². The van der Waals surface area contributed by atoms with E-state index in [1.807, 2.05) is 36.4 Å². The Morgan fingerprint density at radius 3 is 2.74 bits per heavy atom. The molecule has 0 unspecified atom stereocenters. The van der Waals surface area contributed by atoms with Gasteiger partial charge in [0, 0.05) is 30.1 Å². The lowest BCUT2D eigenvalue weighted by Gasteiger charge is -2.62. The summed E-state index contributed by atoms with van der Waals surface area (Å²) < 4.78 is 11.5. The second kappa shape index (κ2) is 6.86. The van der Waals surface area contributed by atoms with E-state index in [9.17, 15) is 15.0 Å². The van der Waals surface area contributed by atoms with Crippen molar-refractivity contribution < 1.29 is 24.5 Å². The molecule has 34 heavy (non-hydrogen) atoms. The predicted octanol–water partition coefficient (Wildman–Crippen LogP) is 3.23. The van der Waals surface area contributed by atoms with Gasteiger partial charge in [-0.1, -0.05) is 18.2 Å². The third-order valence-corrected chi connectivity index (χ3v) is 8.98. The van der Waals surface area contributed by atoms with Crippen LogP contribution in [0.5, 0.6) is 17.2 Å². The molecule has 6 nitrogen and oxygen atoms in total. The van der Waals surface area contributed by atoms with Crippen LogP contribution < -0.4 is 9.47 Å². The summed E-state index contributed by atoms with van der Waals surface area (Å²) in [5.41, 5.74) is 1.50. The largest absolute Gasteiger partial charge is 0.504 e. The van der Waals surface area contributed by atoms with Crippen molar-refractivity contribution in [1.82, 2.24) is 4.90 Å². The van der Waals surface area contributed by atoms with E-state index in [1.54, 1.807) is 13.2 Å². The highest BCUT2D eigenvalue weighted by atomic mass is 16.5. The highest BCUT2D eigenvalue weighted by Crippen LogP contribution is 2.65. The second-order valence-electron chi connectivity index (χ2n) is 10.7. The molecule has 176 valence electrons. The van der Waals surface area contributed by atoms with Crippen LogP contribution in [0.1, 0.15) is 42.4 Å². The van der Waals surface area contributed by atoms with Crippen molar-refractivity contribution in [3.63, 3.8) is 0 Å². The number of aliphatic hydroxyl groups is 1. The number of hydrogen-bond donors (Lipinski definition) is 2. The number of rotatable bonds is 4. The van der Waals surface area contributed by atoms with E-state index in [-0.39, 0.29) is 24.0 Å². The Bertz CT molecular complexity index is 1230. The summed E-state index contributed by atoms with van der Waals surface area (Å²) in [5, 5.41) is 23.3. The Hall–Kier alpha value is -2.83. The van der Waals surface area contributed by atoms with E-state index >= 15 is 0 Å². The summed E-state index contributed by atoms with van der Waals surface area (Å²) in [6.45, 7) is 1.84. The minimum absolute atomic E-state index is 0.0530. The van der Waals surface area contributed by atoms with Crippen LogP contribution in [-0.2, 0) is 16.6 Å². The maximum Gasteiger partial charge on any atom is 0.200 e. The Labute approximate surface area is 198 Å². The molecule has 7 rings (SSSR count). The molecule has 6 heteroatoms. The van der Waals surface area contributed by atoms with Crippen LogP contribution in [0.15, 0.2) is 42.0 Å². The molecule has 2 aromatic rings. The SMILES string of the molecule is COc1ccc(/C=C2\C[C@@]3(O)[C@H]4Cc5ccc(O)c6c5[C@@]3(CCN4CC3CC3)[C@@H](O6)C2=O)cc1. The Morgan fingerprint density at radius 1 is 1.21 bits per heavy atom. The van der Waals surface area contributed by atoms with Crippen molar-refractivity contribution in [1.29, 1.82) is 0 Å². The molecule has 2 N–H and O–H groups in total. The van der Waals surface area contributed by atoms with Crippen molar-refractivity contribution in [3.05, 3.63) is 58.7 Å². The Morgan fingerprint density at radius 2 is 2.00 bits per heavy atom. The molecule has 2 bridgehead atoms. The van der Waals surface area contributed by atoms with Crippen molar-refractivity contribution in [2.45, 2.75) is 55.3 Å². The molecule has 2 saturated carbocycles. The number of phenols is 1. The fourth-order valence-electron chi connectivity index (χ4n) is 7.21. The van der Waals surface area contributed by atoms with Gasteiger partial charge in [-0.15, -0.1) is 0 Å². The zero-order chi connectivity index (χ0) is 23.2. The normalized spacial score (nSPS) is 34.6. The molecule has 0 radical (unpaired) electrons. The van der Waals surface area contributed by atoms with Gasteiger partial charge >= 0.3 is 0 Å². The molecule has 3 fully saturated rings. The van der Waals surface area contributed by atoms with Crippen LogP contribution in [0, 0.1) is 5.92 Å². The van der Waals surface area contributed by atoms with Crippen LogP contribution in [-0.4, -0.2) is 58.8 Å². The van der Waals surface area contributed by atoms with Gasteiger partial charge in [0.05, 0.1) is 18.1 Å². The standard InChI is InChI=1S/C28H29NO5/c1-33-20-7-4-16(5-8-20)12-19-14-28(32)22-13-18-6-9-21(30)25-23(18)27(28,26(34-25)24(19)31)10-11-29(22)15-17-2-3-17/h4-9,12,17,22,26,30,32H,2-3,10-11,13-15H2,1H3/b19-12+/t22-,26+,27+,28-/m1/s1. The highest BCUT2D eigenvalue weighted by molar-refractivity contribution is 6.06. The van der Waals surface area contributed by atoms with Gasteiger partial charge in [0.15, 0.2) is 23.4 Å². The molecule has 5 aliphatic rings. The molecule has 2 aliphatic heterocycles. The Kier molecular flexibility index (Phi) is 4.14. The van der Waals surface area contributed by atoms with E-state index in [0.29, 0.717) is 30.1 Å². The lowest BCUT2D eigenvalue weighted by molar-refractivity contribution is -0.179. The van der Waals surface area contributed by atoms with Gasteiger partial charge in [-0.05, 0) is 73.5 Å². The van der Waals surface area contributed by atoms with E-state index < -0.39 is 17.1 Å². The molecular weight excluding hydrogens is 430 g/mol. The first kappa shape index (κ1) is 20.5.